The predicted octanol–water partition coefficient (Wildman–Crippen LogP) is 4.54. The lowest BCUT2D eigenvalue weighted by molar-refractivity contribution is -0.112. The Hall–Kier alpha value is -3.67. The van der Waals surface area contributed by atoms with Gasteiger partial charge in [-0.3, -0.25) is 9.78 Å². The summed E-state index contributed by atoms with van der Waals surface area (Å²) in [4.78, 5) is 24.9. The molecule has 0 aliphatic heterocycles. The number of allylic oxidation sites excluding steroid dienone is 3. The molecular weight excluding hydrogens is 362 g/mol. The standard InChI is InChI=1S/C23H25N5O/c1-4-15(2)12-21(18-6-5-10-25-14-18)28-22(16(3)24)23(29)27-19-8-7-17-9-11-26-20(17)13-19/h5-14,26H,4,24H2,1-3H3,(H,27,29)/b15-12+,22-16+,28-21+. The van der Waals surface area contributed by atoms with Crippen LogP contribution in [0.15, 0.2) is 83.0 Å². The minimum absolute atomic E-state index is 0.176. The number of carbonyl (C=O) groups is 1. The fraction of sp³-hybridized carbons (Fsp3) is 0.174. The van der Waals surface area contributed by atoms with Crippen molar-refractivity contribution < 1.29 is 4.79 Å². The van der Waals surface area contributed by atoms with Crippen molar-refractivity contribution >= 4 is 28.2 Å². The molecule has 3 rings (SSSR count). The van der Waals surface area contributed by atoms with Crippen LogP contribution in [0, 0.1) is 0 Å². The largest absolute Gasteiger partial charge is 0.400 e. The van der Waals surface area contributed by atoms with Crippen LogP contribution in [0.5, 0.6) is 0 Å². The summed E-state index contributed by atoms with van der Waals surface area (Å²) in [6, 6.07) is 11.4. The molecule has 0 saturated carbocycles. The highest BCUT2D eigenvalue weighted by Crippen LogP contribution is 2.19. The Bertz CT molecular complexity index is 1100. The average Bonchev–Trinajstić information content (AvgIpc) is 3.19. The summed E-state index contributed by atoms with van der Waals surface area (Å²) < 4.78 is 0. The van der Waals surface area contributed by atoms with Crippen molar-refractivity contribution in [3.63, 3.8) is 0 Å². The number of rotatable bonds is 6. The summed E-state index contributed by atoms with van der Waals surface area (Å²) in [7, 11) is 0. The van der Waals surface area contributed by atoms with Gasteiger partial charge in [0.25, 0.3) is 5.91 Å². The first-order valence-corrected chi connectivity index (χ1v) is 9.49. The second-order valence-electron chi connectivity index (χ2n) is 6.85. The first-order valence-electron chi connectivity index (χ1n) is 9.49. The maximum absolute atomic E-state index is 12.9. The maximum Gasteiger partial charge on any atom is 0.276 e. The number of aromatic amines is 1. The van der Waals surface area contributed by atoms with Crippen molar-refractivity contribution in [3.8, 4) is 0 Å². The molecule has 4 N–H and O–H groups in total. The van der Waals surface area contributed by atoms with Gasteiger partial charge in [0, 0.05) is 41.1 Å². The van der Waals surface area contributed by atoms with E-state index in [1.807, 2.05) is 55.6 Å². The summed E-state index contributed by atoms with van der Waals surface area (Å²) in [5.74, 6) is -0.361. The van der Waals surface area contributed by atoms with E-state index in [-0.39, 0.29) is 11.6 Å². The quantitative estimate of drug-likeness (QED) is 0.428. The number of fused-ring (bicyclic) bond motifs is 1. The van der Waals surface area contributed by atoms with Crippen molar-refractivity contribution in [2.45, 2.75) is 27.2 Å². The van der Waals surface area contributed by atoms with E-state index in [1.165, 1.54) is 0 Å². The van der Waals surface area contributed by atoms with Crippen LogP contribution in [-0.4, -0.2) is 21.6 Å². The lowest BCUT2D eigenvalue weighted by Gasteiger charge is -2.10. The molecule has 148 valence electrons. The Morgan fingerprint density at radius 3 is 2.79 bits per heavy atom. The van der Waals surface area contributed by atoms with Crippen LogP contribution in [0.3, 0.4) is 0 Å². The number of anilines is 1. The third kappa shape index (κ3) is 4.99. The minimum atomic E-state index is -0.361. The Balaban J connectivity index is 1.96. The molecule has 29 heavy (non-hydrogen) atoms. The molecule has 0 radical (unpaired) electrons. The zero-order valence-corrected chi connectivity index (χ0v) is 16.9. The predicted molar refractivity (Wildman–Crippen MR) is 119 cm³/mol. The molecule has 0 saturated heterocycles. The van der Waals surface area contributed by atoms with E-state index in [1.54, 1.807) is 19.3 Å². The van der Waals surface area contributed by atoms with E-state index in [4.69, 9.17) is 5.73 Å². The first kappa shape index (κ1) is 20.1. The molecule has 0 atom stereocenters. The number of aliphatic imine (C=N–C) groups is 1. The number of hydrogen-bond donors (Lipinski definition) is 3. The number of benzene rings is 1. The molecule has 2 heterocycles. The fourth-order valence-electron chi connectivity index (χ4n) is 2.78. The van der Waals surface area contributed by atoms with Gasteiger partial charge in [-0.25, -0.2) is 4.99 Å². The zero-order chi connectivity index (χ0) is 20.8. The molecule has 0 fully saturated rings. The number of amides is 1. The Morgan fingerprint density at radius 1 is 1.28 bits per heavy atom. The summed E-state index contributed by atoms with van der Waals surface area (Å²) in [6.45, 7) is 5.77. The van der Waals surface area contributed by atoms with Gasteiger partial charge in [0.05, 0.1) is 5.71 Å². The summed E-state index contributed by atoms with van der Waals surface area (Å²) in [6.07, 6.45) is 8.11. The number of pyridine rings is 1. The van der Waals surface area contributed by atoms with Gasteiger partial charge >= 0.3 is 0 Å². The van der Waals surface area contributed by atoms with Gasteiger partial charge in [-0.05, 0) is 62.1 Å². The topological polar surface area (TPSA) is 96.2 Å². The molecule has 2 aromatic heterocycles. The first-order chi connectivity index (χ1) is 14.0. The van der Waals surface area contributed by atoms with E-state index < -0.39 is 0 Å². The smallest absolute Gasteiger partial charge is 0.276 e. The van der Waals surface area contributed by atoms with E-state index >= 15 is 0 Å². The number of nitrogens with zero attached hydrogens (tertiary/aromatic N) is 2. The lowest BCUT2D eigenvalue weighted by atomic mass is 10.1. The number of nitrogens with one attached hydrogen (secondary N) is 2. The molecule has 0 aliphatic rings. The van der Waals surface area contributed by atoms with Gasteiger partial charge in [-0.1, -0.05) is 18.6 Å². The van der Waals surface area contributed by atoms with Crippen LogP contribution in [0.1, 0.15) is 32.8 Å². The molecule has 0 spiro atoms. The molecule has 1 amide bonds. The molecule has 3 aromatic rings. The monoisotopic (exact) mass is 387 g/mol. The van der Waals surface area contributed by atoms with Gasteiger partial charge in [-0.2, -0.15) is 0 Å². The van der Waals surface area contributed by atoms with Crippen molar-refractivity contribution in [1.29, 1.82) is 0 Å². The Labute approximate surface area is 170 Å². The van der Waals surface area contributed by atoms with E-state index in [9.17, 15) is 4.79 Å². The average molecular weight is 387 g/mol. The number of H-pyrrole nitrogens is 1. The van der Waals surface area contributed by atoms with E-state index in [0.717, 1.165) is 28.5 Å². The third-order valence-electron chi connectivity index (χ3n) is 4.53. The highest BCUT2D eigenvalue weighted by molar-refractivity contribution is 6.13. The van der Waals surface area contributed by atoms with Crippen molar-refractivity contribution in [2.24, 2.45) is 10.7 Å². The normalized spacial score (nSPS) is 13.3. The Kier molecular flexibility index (Phi) is 6.24. The molecule has 0 aliphatic carbocycles. The summed E-state index contributed by atoms with van der Waals surface area (Å²) >= 11 is 0. The van der Waals surface area contributed by atoms with Gasteiger partial charge in [0.2, 0.25) is 0 Å². The number of hydrogen-bond acceptors (Lipinski definition) is 4. The molecule has 6 nitrogen and oxygen atoms in total. The van der Waals surface area contributed by atoms with Gasteiger partial charge in [-0.15, -0.1) is 0 Å². The summed E-state index contributed by atoms with van der Waals surface area (Å²) in [5.41, 5.74) is 10.8. The van der Waals surface area contributed by atoms with Crippen LogP contribution in [0.2, 0.25) is 0 Å². The molecular formula is C23H25N5O. The zero-order valence-electron chi connectivity index (χ0n) is 16.9. The third-order valence-corrected chi connectivity index (χ3v) is 4.53. The van der Waals surface area contributed by atoms with Gasteiger partial charge in [0.1, 0.15) is 5.70 Å². The fourth-order valence-corrected chi connectivity index (χ4v) is 2.78. The second kappa shape index (κ2) is 9.01. The number of nitrogens with two attached hydrogens (primary N) is 1. The van der Waals surface area contributed by atoms with Crippen LogP contribution in [-0.2, 0) is 4.79 Å². The molecule has 6 heteroatoms. The SMILES string of the molecule is CC/C(C)=C/C(=N\C(C(=O)Nc1ccc2cc[nH]c2c1)=C(/C)N)c1cccnc1. The molecule has 1 aromatic carbocycles. The van der Waals surface area contributed by atoms with Crippen LogP contribution >= 0.6 is 0 Å². The van der Waals surface area contributed by atoms with E-state index in [2.05, 4.69) is 27.2 Å². The van der Waals surface area contributed by atoms with Crippen LogP contribution in [0.4, 0.5) is 5.69 Å². The molecule has 0 unspecified atom stereocenters. The molecule has 0 bridgehead atoms. The van der Waals surface area contributed by atoms with Crippen molar-refractivity contribution in [2.75, 3.05) is 5.32 Å². The number of aromatic nitrogens is 2. The minimum Gasteiger partial charge on any atom is -0.400 e. The van der Waals surface area contributed by atoms with E-state index in [0.29, 0.717) is 17.1 Å². The van der Waals surface area contributed by atoms with Gasteiger partial charge in [0.15, 0.2) is 0 Å². The van der Waals surface area contributed by atoms with Crippen molar-refractivity contribution in [3.05, 3.63) is 83.6 Å². The summed E-state index contributed by atoms with van der Waals surface area (Å²) in [5, 5.41) is 3.96. The Morgan fingerprint density at radius 2 is 2.10 bits per heavy atom. The second-order valence-corrected chi connectivity index (χ2v) is 6.85. The number of carbonyl (C=O) groups excluding carboxylic acids is 1. The van der Waals surface area contributed by atoms with Crippen LogP contribution < -0.4 is 11.1 Å². The lowest BCUT2D eigenvalue weighted by Crippen LogP contribution is -2.18. The highest BCUT2D eigenvalue weighted by Gasteiger charge is 2.14. The maximum atomic E-state index is 12.9. The highest BCUT2D eigenvalue weighted by atomic mass is 16.2. The van der Waals surface area contributed by atoms with Crippen LogP contribution in [0.25, 0.3) is 10.9 Å². The van der Waals surface area contributed by atoms with Crippen molar-refractivity contribution in [1.82, 2.24) is 9.97 Å². The van der Waals surface area contributed by atoms with Gasteiger partial charge < -0.3 is 16.0 Å².